The van der Waals surface area contributed by atoms with E-state index in [2.05, 4.69) is 10.3 Å². The highest BCUT2D eigenvalue weighted by Gasteiger charge is 2.09. The Morgan fingerprint density at radius 1 is 1.38 bits per heavy atom. The third kappa shape index (κ3) is 3.95. The standard InChI is InChI=1S/C16H19N3O2/c1-3-21-14-8-12(7-13(17)9-14)16(20)19-10-15-11(2)5-4-6-18-15/h4-9H,3,10,17H2,1-2H3,(H,19,20). The molecule has 5 heteroatoms. The fourth-order valence-electron chi connectivity index (χ4n) is 1.97. The smallest absolute Gasteiger partial charge is 0.251 e. The largest absolute Gasteiger partial charge is 0.494 e. The van der Waals surface area contributed by atoms with E-state index in [-0.39, 0.29) is 5.91 Å². The number of hydrogen-bond donors (Lipinski definition) is 2. The number of nitrogens with two attached hydrogens (primary N) is 1. The van der Waals surface area contributed by atoms with E-state index < -0.39 is 0 Å². The maximum atomic E-state index is 12.2. The normalized spacial score (nSPS) is 10.2. The van der Waals surface area contributed by atoms with Crippen molar-refractivity contribution >= 4 is 11.6 Å². The molecule has 3 N–H and O–H groups in total. The summed E-state index contributed by atoms with van der Waals surface area (Å²) in [5.74, 6) is 0.393. The molecule has 0 spiro atoms. The zero-order valence-electron chi connectivity index (χ0n) is 12.2. The highest BCUT2D eigenvalue weighted by atomic mass is 16.5. The summed E-state index contributed by atoms with van der Waals surface area (Å²) in [6, 6.07) is 8.84. The number of nitrogens with zero attached hydrogens (tertiary/aromatic N) is 1. The molecule has 21 heavy (non-hydrogen) atoms. The molecule has 0 atom stereocenters. The van der Waals surface area contributed by atoms with Crippen LogP contribution in [0.15, 0.2) is 36.5 Å². The molecule has 2 aromatic rings. The van der Waals surface area contributed by atoms with Crippen LogP contribution in [0.3, 0.4) is 0 Å². The molecule has 0 saturated carbocycles. The predicted octanol–water partition coefficient (Wildman–Crippen LogP) is 2.30. The van der Waals surface area contributed by atoms with Gasteiger partial charge in [-0.2, -0.15) is 0 Å². The summed E-state index contributed by atoms with van der Waals surface area (Å²) < 4.78 is 5.39. The maximum absolute atomic E-state index is 12.2. The summed E-state index contributed by atoms with van der Waals surface area (Å²) in [4.78, 5) is 16.4. The monoisotopic (exact) mass is 285 g/mol. The molecule has 0 aliphatic rings. The minimum absolute atomic E-state index is 0.201. The van der Waals surface area contributed by atoms with Gasteiger partial charge in [-0.15, -0.1) is 0 Å². The Morgan fingerprint density at radius 2 is 2.19 bits per heavy atom. The summed E-state index contributed by atoms with van der Waals surface area (Å²) in [5.41, 5.74) is 8.65. The fraction of sp³-hybridized carbons (Fsp3) is 0.250. The Kier molecular flexibility index (Phi) is 4.77. The number of benzene rings is 1. The van der Waals surface area contributed by atoms with E-state index in [4.69, 9.17) is 10.5 Å². The number of aromatic nitrogens is 1. The van der Waals surface area contributed by atoms with Gasteiger partial charge in [0.15, 0.2) is 0 Å². The molecular weight excluding hydrogens is 266 g/mol. The van der Waals surface area contributed by atoms with Gasteiger partial charge in [0, 0.05) is 23.5 Å². The van der Waals surface area contributed by atoms with Gasteiger partial charge in [-0.05, 0) is 37.6 Å². The zero-order valence-corrected chi connectivity index (χ0v) is 12.2. The number of hydrogen-bond acceptors (Lipinski definition) is 4. The zero-order chi connectivity index (χ0) is 15.2. The molecular formula is C16H19N3O2. The van der Waals surface area contributed by atoms with Gasteiger partial charge >= 0.3 is 0 Å². The maximum Gasteiger partial charge on any atom is 0.251 e. The molecule has 1 heterocycles. The van der Waals surface area contributed by atoms with Crippen molar-refractivity contribution in [1.82, 2.24) is 10.3 Å². The fourth-order valence-corrected chi connectivity index (χ4v) is 1.97. The van der Waals surface area contributed by atoms with Crippen LogP contribution in [0.25, 0.3) is 0 Å². The van der Waals surface area contributed by atoms with Crippen molar-refractivity contribution in [3.8, 4) is 5.75 Å². The first kappa shape index (κ1) is 14.8. The number of amides is 1. The summed E-state index contributed by atoms with van der Waals surface area (Å²) in [6.07, 6.45) is 1.71. The molecule has 1 amide bonds. The topological polar surface area (TPSA) is 77.2 Å². The van der Waals surface area contributed by atoms with Crippen molar-refractivity contribution in [2.75, 3.05) is 12.3 Å². The van der Waals surface area contributed by atoms with Crippen molar-refractivity contribution in [2.24, 2.45) is 0 Å². The van der Waals surface area contributed by atoms with Gasteiger partial charge in [0.05, 0.1) is 18.8 Å². The van der Waals surface area contributed by atoms with E-state index in [1.807, 2.05) is 26.0 Å². The van der Waals surface area contributed by atoms with Crippen molar-refractivity contribution in [3.63, 3.8) is 0 Å². The lowest BCUT2D eigenvalue weighted by atomic mass is 10.1. The average Bonchev–Trinajstić information content (AvgIpc) is 2.46. The molecule has 1 aromatic heterocycles. The molecule has 0 radical (unpaired) electrons. The lowest BCUT2D eigenvalue weighted by molar-refractivity contribution is 0.0950. The highest BCUT2D eigenvalue weighted by molar-refractivity contribution is 5.95. The van der Waals surface area contributed by atoms with Crippen LogP contribution < -0.4 is 15.8 Å². The number of carbonyl (C=O) groups excluding carboxylic acids is 1. The average molecular weight is 285 g/mol. The summed E-state index contributed by atoms with van der Waals surface area (Å²) in [6.45, 7) is 4.75. The van der Waals surface area contributed by atoms with Crippen LogP contribution in [0, 0.1) is 6.92 Å². The number of ether oxygens (including phenoxy) is 1. The first-order valence-electron chi connectivity index (χ1n) is 6.82. The van der Waals surface area contributed by atoms with Gasteiger partial charge < -0.3 is 15.8 Å². The third-order valence-electron chi connectivity index (χ3n) is 3.04. The van der Waals surface area contributed by atoms with Gasteiger partial charge in [0.2, 0.25) is 0 Å². The van der Waals surface area contributed by atoms with E-state index in [0.29, 0.717) is 30.2 Å². The minimum Gasteiger partial charge on any atom is -0.494 e. The van der Waals surface area contributed by atoms with Gasteiger partial charge in [0.1, 0.15) is 5.75 Å². The van der Waals surface area contributed by atoms with Crippen molar-refractivity contribution in [1.29, 1.82) is 0 Å². The van der Waals surface area contributed by atoms with E-state index in [1.165, 1.54) is 0 Å². The van der Waals surface area contributed by atoms with Crippen LogP contribution in [0.1, 0.15) is 28.5 Å². The van der Waals surface area contributed by atoms with Crippen molar-refractivity contribution < 1.29 is 9.53 Å². The number of nitrogen functional groups attached to an aromatic ring is 1. The van der Waals surface area contributed by atoms with Gasteiger partial charge in [-0.25, -0.2) is 0 Å². The summed E-state index contributed by atoms with van der Waals surface area (Å²) >= 11 is 0. The van der Waals surface area contributed by atoms with E-state index in [0.717, 1.165) is 11.3 Å². The van der Waals surface area contributed by atoms with Crippen LogP contribution in [-0.4, -0.2) is 17.5 Å². The second kappa shape index (κ2) is 6.74. The third-order valence-corrected chi connectivity index (χ3v) is 3.04. The van der Waals surface area contributed by atoms with Gasteiger partial charge in [-0.1, -0.05) is 6.07 Å². The molecule has 1 aromatic carbocycles. The molecule has 5 nitrogen and oxygen atoms in total. The van der Waals surface area contributed by atoms with Crippen LogP contribution in [-0.2, 0) is 6.54 Å². The number of rotatable bonds is 5. The Bertz CT molecular complexity index is 641. The molecule has 0 saturated heterocycles. The number of carbonyl (C=O) groups is 1. The van der Waals surface area contributed by atoms with Crippen LogP contribution in [0.2, 0.25) is 0 Å². The first-order valence-corrected chi connectivity index (χ1v) is 6.82. The molecule has 0 aliphatic carbocycles. The van der Waals surface area contributed by atoms with Gasteiger partial charge in [-0.3, -0.25) is 9.78 Å². The van der Waals surface area contributed by atoms with Crippen LogP contribution >= 0.6 is 0 Å². The molecule has 2 rings (SSSR count). The van der Waals surface area contributed by atoms with E-state index >= 15 is 0 Å². The molecule has 0 unspecified atom stereocenters. The number of pyridine rings is 1. The predicted molar refractivity (Wildman–Crippen MR) is 82.2 cm³/mol. The van der Waals surface area contributed by atoms with Crippen molar-refractivity contribution in [2.45, 2.75) is 20.4 Å². The summed E-state index contributed by atoms with van der Waals surface area (Å²) in [5, 5.41) is 2.84. The SMILES string of the molecule is CCOc1cc(N)cc(C(=O)NCc2ncccc2C)c1. The Balaban J connectivity index is 2.08. The van der Waals surface area contributed by atoms with Crippen LogP contribution in [0.4, 0.5) is 5.69 Å². The molecule has 0 aliphatic heterocycles. The van der Waals surface area contributed by atoms with Gasteiger partial charge in [0.25, 0.3) is 5.91 Å². The first-order chi connectivity index (χ1) is 10.1. The van der Waals surface area contributed by atoms with E-state index in [1.54, 1.807) is 24.4 Å². The van der Waals surface area contributed by atoms with Crippen molar-refractivity contribution in [3.05, 3.63) is 53.3 Å². The lowest BCUT2D eigenvalue weighted by Crippen LogP contribution is -2.24. The highest BCUT2D eigenvalue weighted by Crippen LogP contribution is 2.19. The Hall–Kier alpha value is -2.56. The molecule has 0 bridgehead atoms. The Labute approximate surface area is 124 Å². The molecule has 110 valence electrons. The lowest BCUT2D eigenvalue weighted by Gasteiger charge is -2.09. The molecule has 0 fully saturated rings. The quantitative estimate of drug-likeness (QED) is 0.826. The minimum atomic E-state index is -0.201. The van der Waals surface area contributed by atoms with E-state index in [9.17, 15) is 4.79 Å². The van der Waals surface area contributed by atoms with Crippen LogP contribution in [0.5, 0.6) is 5.75 Å². The number of anilines is 1. The Morgan fingerprint density at radius 3 is 2.90 bits per heavy atom. The second-order valence-corrected chi connectivity index (χ2v) is 4.67. The number of nitrogens with one attached hydrogen (secondary N) is 1. The second-order valence-electron chi connectivity index (χ2n) is 4.67. The summed E-state index contributed by atoms with van der Waals surface area (Å²) in [7, 11) is 0. The number of aryl methyl sites for hydroxylation is 1.